The first-order valence-corrected chi connectivity index (χ1v) is 7.39. The molecule has 0 heterocycles. The second-order valence-corrected chi connectivity index (χ2v) is 5.04. The molecule has 104 valence electrons. The molecule has 0 atom stereocenters. The molecule has 0 aliphatic carbocycles. The Hall–Kier alpha value is -1.15. The van der Waals surface area contributed by atoms with E-state index in [4.69, 9.17) is 15.2 Å². The highest BCUT2D eigenvalue weighted by Gasteiger charge is 2.02. The Morgan fingerprint density at radius 3 is 2.84 bits per heavy atom. The molecule has 1 rings (SSSR count). The van der Waals surface area contributed by atoms with Crippen LogP contribution in [0.5, 0.6) is 5.75 Å². The molecule has 19 heavy (non-hydrogen) atoms. The first-order chi connectivity index (χ1) is 9.31. The third kappa shape index (κ3) is 6.02. The first kappa shape index (κ1) is 15.9. The zero-order valence-electron chi connectivity index (χ0n) is 11.6. The van der Waals surface area contributed by atoms with Gasteiger partial charge in [-0.25, -0.2) is 0 Å². The van der Waals surface area contributed by atoms with Crippen LogP contribution in [0.4, 0.5) is 0 Å². The average Bonchev–Trinajstić information content (AvgIpc) is 2.45. The van der Waals surface area contributed by atoms with Crippen LogP contribution >= 0.6 is 11.8 Å². The van der Waals surface area contributed by atoms with Crippen LogP contribution in [-0.2, 0) is 10.5 Å². The Balaban J connectivity index is 2.59. The Kier molecular flexibility index (Phi) is 8.15. The van der Waals surface area contributed by atoms with Crippen molar-refractivity contribution in [2.24, 2.45) is 5.73 Å². The van der Waals surface area contributed by atoms with E-state index in [1.807, 2.05) is 17.8 Å². The minimum absolute atomic E-state index is 0.360. The second kappa shape index (κ2) is 9.74. The van der Waals surface area contributed by atoms with Gasteiger partial charge in [0, 0.05) is 19.5 Å². The van der Waals surface area contributed by atoms with Crippen molar-refractivity contribution in [2.75, 3.05) is 33.1 Å². The van der Waals surface area contributed by atoms with E-state index in [1.54, 1.807) is 14.2 Å². The average molecular weight is 279 g/mol. The lowest BCUT2D eigenvalue weighted by Gasteiger charge is -2.07. The lowest BCUT2D eigenvalue weighted by atomic mass is 10.1. The van der Waals surface area contributed by atoms with Gasteiger partial charge in [0.25, 0.3) is 0 Å². The summed E-state index contributed by atoms with van der Waals surface area (Å²) in [4.78, 5) is 0. The zero-order chi connectivity index (χ0) is 13.9. The van der Waals surface area contributed by atoms with E-state index < -0.39 is 0 Å². The molecule has 0 saturated heterocycles. The van der Waals surface area contributed by atoms with Gasteiger partial charge in [-0.1, -0.05) is 17.9 Å². The maximum Gasteiger partial charge on any atom is 0.134 e. The van der Waals surface area contributed by atoms with Gasteiger partial charge in [-0.3, -0.25) is 0 Å². The van der Waals surface area contributed by atoms with Crippen LogP contribution in [0.15, 0.2) is 18.2 Å². The van der Waals surface area contributed by atoms with Crippen molar-refractivity contribution in [1.82, 2.24) is 0 Å². The molecular weight excluding hydrogens is 258 g/mol. The highest BCUT2D eigenvalue weighted by Crippen LogP contribution is 2.22. The summed E-state index contributed by atoms with van der Waals surface area (Å²) in [5.74, 6) is 8.79. The lowest BCUT2D eigenvalue weighted by Crippen LogP contribution is -1.95. The molecular formula is C15H21NO2S. The number of rotatable bonds is 7. The fourth-order valence-electron chi connectivity index (χ4n) is 1.58. The molecule has 0 spiro atoms. The van der Waals surface area contributed by atoms with Gasteiger partial charge < -0.3 is 15.2 Å². The van der Waals surface area contributed by atoms with E-state index in [2.05, 4.69) is 24.0 Å². The minimum atomic E-state index is 0.360. The van der Waals surface area contributed by atoms with E-state index in [1.165, 1.54) is 5.56 Å². The SMILES string of the molecule is COCCCSCc1ccc(OC)c(C#CCN)c1. The van der Waals surface area contributed by atoms with Crippen molar-refractivity contribution in [3.8, 4) is 17.6 Å². The summed E-state index contributed by atoms with van der Waals surface area (Å²) < 4.78 is 10.3. The largest absolute Gasteiger partial charge is 0.495 e. The molecule has 0 saturated carbocycles. The summed E-state index contributed by atoms with van der Waals surface area (Å²) in [5.41, 5.74) is 7.56. The number of ether oxygens (including phenoxy) is 2. The van der Waals surface area contributed by atoms with E-state index in [0.29, 0.717) is 6.54 Å². The molecule has 0 aliphatic heterocycles. The summed E-state index contributed by atoms with van der Waals surface area (Å²) >= 11 is 1.90. The van der Waals surface area contributed by atoms with E-state index in [0.717, 1.165) is 35.8 Å². The number of thioether (sulfide) groups is 1. The van der Waals surface area contributed by atoms with Crippen LogP contribution in [0.25, 0.3) is 0 Å². The van der Waals surface area contributed by atoms with Crippen molar-refractivity contribution in [2.45, 2.75) is 12.2 Å². The van der Waals surface area contributed by atoms with Crippen LogP contribution in [0.1, 0.15) is 17.5 Å². The van der Waals surface area contributed by atoms with Crippen molar-refractivity contribution < 1.29 is 9.47 Å². The Bertz CT molecular complexity index is 438. The maximum absolute atomic E-state index is 5.40. The molecule has 2 N–H and O–H groups in total. The van der Waals surface area contributed by atoms with Crippen molar-refractivity contribution in [3.05, 3.63) is 29.3 Å². The van der Waals surface area contributed by atoms with Crippen LogP contribution in [0.3, 0.4) is 0 Å². The Morgan fingerprint density at radius 1 is 1.32 bits per heavy atom. The highest BCUT2D eigenvalue weighted by molar-refractivity contribution is 7.98. The molecule has 0 aliphatic rings. The first-order valence-electron chi connectivity index (χ1n) is 6.24. The summed E-state index contributed by atoms with van der Waals surface area (Å²) in [5, 5.41) is 0. The zero-order valence-corrected chi connectivity index (χ0v) is 12.4. The minimum Gasteiger partial charge on any atom is -0.495 e. The van der Waals surface area contributed by atoms with E-state index in [-0.39, 0.29) is 0 Å². The molecule has 4 heteroatoms. The third-order valence-corrected chi connectivity index (χ3v) is 3.61. The fraction of sp³-hybridized carbons (Fsp3) is 0.467. The van der Waals surface area contributed by atoms with E-state index >= 15 is 0 Å². The van der Waals surface area contributed by atoms with Crippen molar-refractivity contribution >= 4 is 11.8 Å². The van der Waals surface area contributed by atoms with Gasteiger partial charge in [-0.2, -0.15) is 11.8 Å². The summed E-state index contributed by atoms with van der Waals surface area (Å²) in [7, 11) is 3.39. The number of methoxy groups -OCH3 is 2. The quantitative estimate of drug-likeness (QED) is 0.614. The predicted octanol–water partition coefficient (Wildman–Crippen LogP) is 2.28. The fourth-order valence-corrected chi connectivity index (χ4v) is 2.47. The molecule has 0 aromatic heterocycles. The molecule has 0 fully saturated rings. The van der Waals surface area contributed by atoms with Crippen molar-refractivity contribution in [1.29, 1.82) is 0 Å². The summed E-state index contributed by atoms with van der Waals surface area (Å²) in [6, 6.07) is 6.12. The van der Waals surface area contributed by atoms with Gasteiger partial charge in [-0.05, 0) is 29.9 Å². The van der Waals surface area contributed by atoms with Gasteiger partial charge in [0.15, 0.2) is 0 Å². The van der Waals surface area contributed by atoms with Crippen LogP contribution in [0, 0.1) is 11.8 Å². The Morgan fingerprint density at radius 2 is 2.16 bits per heavy atom. The van der Waals surface area contributed by atoms with Crippen molar-refractivity contribution in [3.63, 3.8) is 0 Å². The molecule has 1 aromatic rings. The third-order valence-electron chi connectivity index (χ3n) is 2.49. The van der Waals surface area contributed by atoms with Gasteiger partial charge in [0.1, 0.15) is 5.75 Å². The monoisotopic (exact) mass is 279 g/mol. The molecule has 0 bridgehead atoms. The van der Waals surface area contributed by atoms with Crippen LogP contribution in [0.2, 0.25) is 0 Å². The molecule has 0 amide bonds. The molecule has 0 unspecified atom stereocenters. The second-order valence-electron chi connectivity index (χ2n) is 3.94. The lowest BCUT2D eigenvalue weighted by molar-refractivity contribution is 0.200. The molecule has 1 aromatic carbocycles. The number of benzene rings is 1. The topological polar surface area (TPSA) is 44.5 Å². The normalized spacial score (nSPS) is 9.84. The Labute approximate surface area is 119 Å². The predicted molar refractivity (Wildman–Crippen MR) is 81.6 cm³/mol. The van der Waals surface area contributed by atoms with Gasteiger partial charge in [0.05, 0.1) is 19.2 Å². The number of nitrogens with two attached hydrogens (primary N) is 1. The summed E-state index contributed by atoms with van der Waals surface area (Å²) in [6.45, 7) is 1.18. The maximum atomic E-state index is 5.40. The smallest absolute Gasteiger partial charge is 0.134 e. The van der Waals surface area contributed by atoms with Crippen LogP contribution < -0.4 is 10.5 Å². The van der Waals surface area contributed by atoms with Crippen LogP contribution in [-0.4, -0.2) is 33.1 Å². The molecule has 0 radical (unpaired) electrons. The number of hydrogen-bond acceptors (Lipinski definition) is 4. The van der Waals surface area contributed by atoms with E-state index in [9.17, 15) is 0 Å². The van der Waals surface area contributed by atoms with Gasteiger partial charge in [-0.15, -0.1) is 0 Å². The van der Waals surface area contributed by atoms with Gasteiger partial charge in [0.2, 0.25) is 0 Å². The summed E-state index contributed by atoms with van der Waals surface area (Å²) in [6.07, 6.45) is 1.08. The number of hydrogen-bond donors (Lipinski definition) is 1. The van der Waals surface area contributed by atoms with Gasteiger partial charge >= 0.3 is 0 Å². The standard InChI is InChI=1S/C15H21NO2S/c1-17-9-4-10-19-12-13-6-7-15(18-2)14(11-13)5-3-8-16/h6-7,11H,4,8-10,12,16H2,1-2H3. The molecule has 3 nitrogen and oxygen atoms in total. The highest BCUT2D eigenvalue weighted by atomic mass is 32.2.